The average Bonchev–Trinajstić information content (AvgIpc) is 2.85. The van der Waals surface area contributed by atoms with Crippen molar-refractivity contribution < 1.29 is 8.42 Å². The first-order chi connectivity index (χ1) is 7.42. The molecule has 4 nitrogen and oxygen atoms in total. The Bertz CT molecular complexity index is 511. The lowest BCUT2D eigenvalue weighted by molar-refractivity contribution is 0.578. The molecule has 0 radical (unpaired) electrons. The van der Waals surface area contributed by atoms with Crippen molar-refractivity contribution in [2.24, 2.45) is 5.92 Å². The Kier molecular flexibility index (Phi) is 2.67. The van der Waals surface area contributed by atoms with Gasteiger partial charge >= 0.3 is 0 Å². The van der Waals surface area contributed by atoms with Crippen LogP contribution in [0.3, 0.4) is 0 Å². The first kappa shape index (κ1) is 11.4. The molecule has 0 heterocycles. The lowest BCUT2D eigenvalue weighted by Crippen LogP contribution is -2.27. The summed E-state index contributed by atoms with van der Waals surface area (Å²) in [6, 6.07) is 5.04. The Labute approximate surface area is 95.9 Å². The minimum absolute atomic E-state index is 0.0887. The van der Waals surface area contributed by atoms with Crippen LogP contribution in [0.15, 0.2) is 23.1 Å². The largest absolute Gasteiger partial charge is 0.398 e. The summed E-state index contributed by atoms with van der Waals surface area (Å²) in [4.78, 5) is 0.284. The molecule has 1 aromatic carbocycles. The van der Waals surface area contributed by atoms with Gasteiger partial charge in [0, 0.05) is 11.7 Å². The van der Waals surface area contributed by atoms with Gasteiger partial charge in [-0.15, -0.1) is 0 Å². The van der Waals surface area contributed by atoms with Gasteiger partial charge < -0.3 is 5.73 Å². The molecular formula is C11H16N2O2S. The van der Waals surface area contributed by atoms with Crippen LogP contribution >= 0.6 is 0 Å². The Balaban J connectivity index is 2.32. The second-order valence-corrected chi connectivity index (χ2v) is 6.09. The molecule has 1 aliphatic carbocycles. The second kappa shape index (κ2) is 3.75. The highest BCUT2D eigenvalue weighted by molar-refractivity contribution is 7.89. The van der Waals surface area contributed by atoms with Crippen LogP contribution in [0.5, 0.6) is 0 Å². The molecule has 2 rings (SSSR count). The van der Waals surface area contributed by atoms with E-state index >= 15 is 0 Å². The quantitative estimate of drug-likeness (QED) is 0.781. The Hall–Kier alpha value is -1.07. The molecule has 1 fully saturated rings. The monoisotopic (exact) mass is 240 g/mol. The van der Waals surface area contributed by atoms with Crippen LogP contribution in [0.2, 0.25) is 0 Å². The van der Waals surface area contributed by atoms with E-state index in [1.165, 1.54) is 0 Å². The van der Waals surface area contributed by atoms with Gasteiger partial charge in [-0.1, -0.05) is 13.0 Å². The molecule has 0 spiro atoms. The number of sulfonamides is 1. The SMILES string of the molecule is Cc1c(N)cccc1S(=O)(=O)NC1CC1C. The van der Waals surface area contributed by atoms with E-state index in [2.05, 4.69) is 4.72 Å². The van der Waals surface area contributed by atoms with Crippen molar-refractivity contribution in [2.75, 3.05) is 5.73 Å². The van der Waals surface area contributed by atoms with E-state index in [0.29, 0.717) is 17.2 Å². The zero-order valence-electron chi connectivity index (χ0n) is 9.40. The Morgan fingerprint density at radius 2 is 2.06 bits per heavy atom. The van der Waals surface area contributed by atoms with Crippen LogP contribution in [0.1, 0.15) is 18.9 Å². The fourth-order valence-corrected chi connectivity index (χ4v) is 3.30. The topological polar surface area (TPSA) is 72.2 Å². The zero-order chi connectivity index (χ0) is 11.9. The highest BCUT2D eigenvalue weighted by atomic mass is 32.2. The maximum absolute atomic E-state index is 12.0. The van der Waals surface area contributed by atoms with Crippen molar-refractivity contribution in [3.05, 3.63) is 23.8 Å². The number of rotatable bonds is 3. The van der Waals surface area contributed by atoms with Gasteiger partial charge in [0.05, 0.1) is 4.90 Å². The summed E-state index contributed by atoms with van der Waals surface area (Å²) in [5, 5.41) is 0. The molecule has 1 aromatic rings. The Morgan fingerprint density at radius 1 is 1.44 bits per heavy atom. The zero-order valence-corrected chi connectivity index (χ0v) is 10.2. The third kappa shape index (κ3) is 2.05. The number of nitrogens with two attached hydrogens (primary N) is 1. The standard InChI is InChI=1S/C11H16N2O2S/c1-7-6-10(7)13-16(14,15)11-5-3-4-9(12)8(11)2/h3-5,7,10,13H,6,12H2,1-2H3. The third-order valence-corrected chi connectivity index (χ3v) is 4.67. The molecular weight excluding hydrogens is 224 g/mol. The van der Waals surface area contributed by atoms with E-state index in [4.69, 9.17) is 5.73 Å². The summed E-state index contributed by atoms with van der Waals surface area (Å²) < 4.78 is 26.8. The van der Waals surface area contributed by atoms with E-state index in [-0.39, 0.29) is 10.9 Å². The number of hydrogen-bond donors (Lipinski definition) is 2. The van der Waals surface area contributed by atoms with Crippen LogP contribution in [-0.4, -0.2) is 14.5 Å². The second-order valence-electron chi connectivity index (χ2n) is 4.41. The number of anilines is 1. The summed E-state index contributed by atoms with van der Waals surface area (Å²) in [5.41, 5.74) is 6.82. The lowest BCUT2D eigenvalue weighted by atomic mass is 10.2. The van der Waals surface area contributed by atoms with E-state index in [1.54, 1.807) is 25.1 Å². The van der Waals surface area contributed by atoms with Crippen molar-refractivity contribution in [3.8, 4) is 0 Å². The highest BCUT2D eigenvalue weighted by Gasteiger charge is 2.36. The predicted octanol–water partition coefficient (Wildman–Crippen LogP) is 1.26. The number of nitrogens with one attached hydrogen (secondary N) is 1. The van der Waals surface area contributed by atoms with Gasteiger partial charge in [0.25, 0.3) is 0 Å². The molecule has 88 valence electrons. The van der Waals surface area contributed by atoms with E-state index in [0.717, 1.165) is 6.42 Å². The molecule has 5 heteroatoms. The molecule has 1 aliphatic rings. The fourth-order valence-electron chi connectivity index (χ4n) is 1.67. The minimum Gasteiger partial charge on any atom is -0.398 e. The number of hydrogen-bond acceptors (Lipinski definition) is 3. The smallest absolute Gasteiger partial charge is 0.241 e. The van der Waals surface area contributed by atoms with Gasteiger partial charge in [0.2, 0.25) is 10.0 Å². The van der Waals surface area contributed by atoms with Crippen LogP contribution < -0.4 is 10.5 Å². The first-order valence-corrected chi connectivity index (χ1v) is 6.77. The summed E-state index contributed by atoms with van der Waals surface area (Å²) in [6.45, 7) is 3.75. The van der Waals surface area contributed by atoms with Crippen molar-refractivity contribution in [1.29, 1.82) is 0 Å². The molecule has 16 heavy (non-hydrogen) atoms. The summed E-state index contributed by atoms with van der Waals surface area (Å²) in [5.74, 6) is 0.441. The lowest BCUT2D eigenvalue weighted by Gasteiger charge is -2.10. The molecule has 0 bridgehead atoms. The summed E-state index contributed by atoms with van der Waals surface area (Å²) in [6.07, 6.45) is 0.917. The number of benzene rings is 1. The average molecular weight is 240 g/mol. The van der Waals surface area contributed by atoms with Gasteiger partial charge in [-0.2, -0.15) is 0 Å². The first-order valence-electron chi connectivity index (χ1n) is 5.29. The van der Waals surface area contributed by atoms with Crippen LogP contribution in [-0.2, 0) is 10.0 Å². The maximum atomic E-state index is 12.0. The van der Waals surface area contributed by atoms with Gasteiger partial charge in [-0.3, -0.25) is 0 Å². The van der Waals surface area contributed by atoms with Gasteiger partial charge in [-0.25, -0.2) is 13.1 Å². The molecule has 2 unspecified atom stereocenters. The molecule has 0 saturated heterocycles. The predicted molar refractivity (Wildman–Crippen MR) is 63.5 cm³/mol. The van der Waals surface area contributed by atoms with E-state index < -0.39 is 10.0 Å². The highest BCUT2D eigenvalue weighted by Crippen LogP contribution is 2.31. The summed E-state index contributed by atoms with van der Waals surface area (Å²) >= 11 is 0. The molecule has 2 atom stereocenters. The van der Waals surface area contributed by atoms with Gasteiger partial charge in [0.15, 0.2) is 0 Å². The maximum Gasteiger partial charge on any atom is 0.241 e. The molecule has 3 N–H and O–H groups in total. The van der Waals surface area contributed by atoms with Crippen LogP contribution in [0, 0.1) is 12.8 Å². The van der Waals surface area contributed by atoms with Crippen molar-refractivity contribution in [1.82, 2.24) is 4.72 Å². The molecule has 1 saturated carbocycles. The fraction of sp³-hybridized carbons (Fsp3) is 0.455. The van der Waals surface area contributed by atoms with Crippen molar-refractivity contribution in [2.45, 2.75) is 31.2 Å². The van der Waals surface area contributed by atoms with Crippen LogP contribution in [0.4, 0.5) is 5.69 Å². The van der Waals surface area contributed by atoms with Crippen molar-refractivity contribution in [3.63, 3.8) is 0 Å². The molecule has 0 aromatic heterocycles. The normalized spacial score (nSPS) is 24.4. The van der Waals surface area contributed by atoms with E-state index in [9.17, 15) is 8.42 Å². The third-order valence-electron chi connectivity index (χ3n) is 3.03. The minimum atomic E-state index is -3.41. The van der Waals surface area contributed by atoms with Crippen LogP contribution in [0.25, 0.3) is 0 Å². The van der Waals surface area contributed by atoms with Crippen molar-refractivity contribution >= 4 is 15.7 Å². The Morgan fingerprint density at radius 3 is 2.62 bits per heavy atom. The summed E-state index contributed by atoms with van der Waals surface area (Å²) in [7, 11) is -3.41. The van der Waals surface area contributed by atoms with E-state index in [1.807, 2.05) is 6.92 Å². The van der Waals surface area contributed by atoms with Gasteiger partial charge in [-0.05, 0) is 37.0 Å². The van der Waals surface area contributed by atoms with Gasteiger partial charge in [0.1, 0.15) is 0 Å². The number of nitrogen functional groups attached to an aromatic ring is 1. The molecule has 0 aliphatic heterocycles. The molecule has 0 amide bonds.